The minimum absolute atomic E-state index is 0.200. The summed E-state index contributed by atoms with van der Waals surface area (Å²) in [5, 5.41) is 0. The third kappa shape index (κ3) is 1.93. The van der Waals surface area contributed by atoms with Gasteiger partial charge in [-0.15, -0.1) is 0 Å². The number of carbonyl (C=O) groups is 1. The second kappa shape index (κ2) is 4.14. The molecule has 2 aromatic rings. The molecule has 0 saturated carbocycles. The molecule has 16 heavy (non-hydrogen) atoms. The molecule has 2 nitrogen and oxygen atoms in total. The molecule has 3 heteroatoms. The van der Waals surface area contributed by atoms with Crippen LogP contribution in [0.1, 0.15) is 10.4 Å². The number of nitrogens with two attached hydrogens (primary N) is 1. The van der Waals surface area contributed by atoms with Crippen molar-refractivity contribution in [1.82, 2.24) is 0 Å². The summed E-state index contributed by atoms with van der Waals surface area (Å²) >= 11 is 0. The molecule has 0 aliphatic heterocycles. The van der Waals surface area contributed by atoms with Crippen LogP contribution in [-0.4, -0.2) is 5.91 Å². The summed E-state index contributed by atoms with van der Waals surface area (Å²) in [6, 6.07) is 13.3. The standard InChI is InChI=1S/C13H10FNO/c14-10-6-7-11(12(8-10)13(15)16)9-4-2-1-3-5-9/h1-8H,(H2,15,16). The van der Waals surface area contributed by atoms with Crippen molar-refractivity contribution in [2.75, 3.05) is 0 Å². The lowest BCUT2D eigenvalue weighted by Crippen LogP contribution is -2.12. The topological polar surface area (TPSA) is 43.1 Å². The second-order valence-electron chi connectivity index (χ2n) is 3.42. The molecule has 0 heterocycles. The minimum Gasteiger partial charge on any atom is -0.366 e. The largest absolute Gasteiger partial charge is 0.366 e. The van der Waals surface area contributed by atoms with Crippen LogP contribution in [0.25, 0.3) is 11.1 Å². The first-order valence-corrected chi connectivity index (χ1v) is 4.83. The quantitative estimate of drug-likeness (QED) is 0.822. The summed E-state index contributed by atoms with van der Waals surface area (Å²) in [6.45, 7) is 0. The highest BCUT2D eigenvalue weighted by atomic mass is 19.1. The molecule has 0 bridgehead atoms. The van der Waals surface area contributed by atoms with Crippen molar-refractivity contribution in [3.8, 4) is 11.1 Å². The zero-order valence-electron chi connectivity index (χ0n) is 8.48. The normalized spacial score (nSPS) is 10.1. The van der Waals surface area contributed by atoms with Gasteiger partial charge in [-0.05, 0) is 23.3 Å². The average Bonchev–Trinajstić information content (AvgIpc) is 2.30. The molecule has 2 aromatic carbocycles. The van der Waals surface area contributed by atoms with Crippen molar-refractivity contribution >= 4 is 5.91 Å². The lowest BCUT2D eigenvalue weighted by atomic mass is 9.99. The molecule has 0 saturated heterocycles. The van der Waals surface area contributed by atoms with Crippen molar-refractivity contribution in [2.45, 2.75) is 0 Å². The van der Waals surface area contributed by atoms with Gasteiger partial charge in [0.2, 0.25) is 5.91 Å². The molecule has 0 atom stereocenters. The van der Waals surface area contributed by atoms with Crippen molar-refractivity contribution in [1.29, 1.82) is 0 Å². The number of primary amides is 1. The number of hydrogen-bond acceptors (Lipinski definition) is 1. The zero-order chi connectivity index (χ0) is 11.5. The van der Waals surface area contributed by atoms with Crippen LogP contribution in [0.2, 0.25) is 0 Å². The van der Waals surface area contributed by atoms with Crippen LogP contribution in [0, 0.1) is 5.82 Å². The van der Waals surface area contributed by atoms with Crippen LogP contribution in [0.15, 0.2) is 48.5 Å². The number of benzene rings is 2. The number of rotatable bonds is 2. The Labute approximate surface area is 92.5 Å². The van der Waals surface area contributed by atoms with Gasteiger partial charge < -0.3 is 5.73 Å². The predicted molar refractivity (Wildman–Crippen MR) is 60.4 cm³/mol. The number of amides is 1. The monoisotopic (exact) mass is 215 g/mol. The van der Waals surface area contributed by atoms with Gasteiger partial charge in [-0.25, -0.2) is 4.39 Å². The summed E-state index contributed by atoms with van der Waals surface area (Å²) in [4.78, 5) is 11.2. The fourth-order valence-electron chi connectivity index (χ4n) is 1.59. The third-order valence-electron chi connectivity index (χ3n) is 2.33. The fraction of sp³-hybridized carbons (Fsp3) is 0. The molecule has 0 spiro atoms. The second-order valence-corrected chi connectivity index (χ2v) is 3.42. The zero-order valence-corrected chi connectivity index (χ0v) is 8.48. The Hall–Kier alpha value is -2.16. The van der Waals surface area contributed by atoms with Gasteiger partial charge in [0.15, 0.2) is 0 Å². The van der Waals surface area contributed by atoms with Gasteiger partial charge in [-0.3, -0.25) is 4.79 Å². The Bertz CT molecular complexity index is 523. The Morgan fingerprint density at radius 1 is 1.06 bits per heavy atom. The molecular formula is C13H10FNO. The Balaban J connectivity index is 2.61. The highest BCUT2D eigenvalue weighted by Gasteiger charge is 2.10. The molecule has 80 valence electrons. The minimum atomic E-state index is -0.627. The molecule has 0 fully saturated rings. The van der Waals surface area contributed by atoms with Crippen LogP contribution in [-0.2, 0) is 0 Å². The van der Waals surface area contributed by atoms with Crippen LogP contribution in [0.5, 0.6) is 0 Å². The Morgan fingerprint density at radius 2 is 1.75 bits per heavy atom. The van der Waals surface area contributed by atoms with E-state index in [4.69, 9.17) is 5.73 Å². The van der Waals surface area contributed by atoms with E-state index in [1.54, 1.807) is 6.07 Å². The van der Waals surface area contributed by atoms with E-state index >= 15 is 0 Å². The van der Waals surface area contributed by atoms with Gasteiger partial charge in [-0.1, -0.05) is 36.4 Å². The Kier molecular flexibility index (Phi) is 2.68. The van der Waals surface area contributed by atoms with E-state index in [9.17, 15) is 9.18 Å². The molecule has 1 amide bonds. The highest BCUT2D eigenvalue weighted by molar-refractivity contribution is 5.99. The van der Waals surface area contributed by atoms with Gasteiger partial charge in [0.05, 0.1) is 0 Å². The summed E-state index contributed by atoms with van der Waals surface area (Å²) in [5.74, 6) is -1.09. The van der Waals surface area contributed by atoms with E-state index in [0.29, 0.717) is 5.56 Å². The maximum absolute atomic E-state index is 13.0. The third-order valence-corrected chi connectivity index (χ3v) is 2.33. The molecule has 0 unspecified atom stereocenters. The van der Waals surface area contributed by atoms with Gasteiger partial charge in [0, 0.05) is 5.56 Å². The van der Waals surface area contributed by atoms with E-state index in [0.717, 1.165) is 11.6 Å². The number of hydrogen-bond donors (Lipinski definition) is 1. The van der Waals surface area contributed by atoms with Crippen LogP contribution >= 0.6 is 0 Å². The summed E-state index contributed by atoms with van der Waals surface area (Å²) in [6.07, 6.45) is 0. The predicted octanol–water partition coefficient (Wildman–Crippen LogP) is 2.59. The molecule has 0 aromatic heterocycles. The van der Waals surface area contributed by atoms with E-state index in [-0.39, 0.29) is 5.56 Å². The SMILES string of the molecule is NC(=O)c1cc(F)ccc1-c1ccccc1. The van der Waals surface area contributed by atoms with Crippen LogP contribution in [0.3, 0.4) is 0 Å². The van der Waals surface area contributed by atoms with Gasteiger partial charge >= 0.3 is 0 Å². The van der Waals surface area contributed by atoms with Gasteiger partial charge in [-0.2, -0.15) is 0 Å². The van der Waals surface area contributed by atoms with E-state index in [1.165, 1.54) is 6.07 Å². The van der Waals surface area contributed by atoms with E-state index in [2.05, 4.69) is 0 Å². The van der Waals surface area contributed by atoms with E-state index in [1.807, 2.05) is 30.3 Å². The van der Waals surface area contributed by atoms with Crippen molar-refractivity contribution in [3.63, 3.8) is 0 Å². The first-order chi connectivity index (χ1) is 7.68. The molecule has 0 aliphatic carbocycles. The first kappa shape index (κ1) is 10.4. The lowest BCUT2D eigenvalue weighted by Gasteiger charge is -2.06. The van der Waals surface area contributed by atoms with Crippen LogP contribution < -0.4 is 5.73 Å². The summed E-state index contributed by atoms with van der Waals surface area (Å²) in [5.41, 5.74) is 6.91. The molecule has 2 rings (SSSR count). The van der Waals surface area contributed by atoms with Crippen molar-refractivity contribution in [3.05, 3.63) is 59.9 Å². The van der Waals surface area contributed by atoms with Crippen molar-refractivity contribution < 1.29 is 9.18 Å². The lowest BCUT2D eigenvalue weighted by molar-refractivity contribution is 0.100. The van der Waals surface area contributed by atoms with Gasteiger partial charge in [0.25, 0.3) is 0 Å². The van der Waals surface area contributed by atoms with Crippen LogP contribution in [0.4, 0.5) is 4.39 Å². The summed E-state index contributed by atoms with van der Waals surface area (Å²) in [7, 11) is 0. The number of carbonyl (C=O) groups excluding carboxylic acids is 1. The molecular weight excluding hydrogens is 205 g/mol. The van der Waals surface area contributed by atoms with Gasteiger partial charge in [0.1, 0.15) is 5.82 Å². The maximum atomic E-state index is 13.0. The van der Waals surface area contributed by atoms with E-state index < -0.39 is 11.7 Å². The smallest absolute Gasteiger partial charge is 0.249 e. The first-order valence-electron chi connectivity index (χ1n) is 4.83. The molecule has 2 N–H and O–H groups in total. The number of halogens is 1. The average molecular weight is 215 g/mol. The molecule has 0 radical (unpaired) electrons. The maximum Gasteiger partial charge on any atom is 0.249 e. The Morgan fingerprint density at radius 3 is 2.38 bits per heavy atom. The van der Waals surface area contributed by atoms with Crippen molar-refractivity contribution in [2.24, 2.45) is 5.73 Å². The highest BCUT2D eigenvalue weighted by Crippen LogP contribution is 2.23. The molecule has 0 aliphatic rings. The fourth-order valence-corrected chi connectivity index (χ4v) is 1.59. The summed E-state index contributed by atoms with van der Waals surface area (Å²) < 4.78 is 13.0.